The van der Waals surface area contributed by atoms with Crippen LogP contribution in [0, 0.1) is 17.8 Å². The third-order valence-corrected chi connectivity index (χ3v) is 3.98. The standard InChI is InChI=1S/C7H10.C5H9BrO2/c1-2-7-4-3-6(1)5-7;1-4(3-6)5(7)8-2/h1-2,6-7H,3-5H2;4H,3H2,1-2H3. The number of esters is 1. The molecule has 2 rings (SSSR count). The minimum absolute atomic E-state index is 0.0278. The lowest BCUT2D eigenvalue weighted by Crippen LogP contribution is -2.13. The summed E-state index contributed by atoms with van der Waals surface area (Å²) in [5.41, 5.74) is 0. The fourth-order valence-electron chi connectivity index (χ4n) is 1.98. The Balaban J connectivity index is 0.000000150. The lowest BCUT2D eigenvalue weighted by atomic mass is 10.1. The van der Waals surface area contributed by atoms with Crippen molar-refractivity contribution >= 4 is 21.9 Å². The van der Waals surface area contributed by atoms with E-state index in [2.05, 4.69) is 32.8 Å². The molecule has 0 spiro atoms. The van der Waals surface area contributed by atoms with Crippen LogP contribution in [0.25, 0.3) is 0 Å². The molecule has 0 saturated heterocycles. The van der Waals surface area contributed by atoms with E-state index in [4.69, 9.17) is 0 Å². The average Bonchev–Trinajstić information content (AvgIpc) is 2.91. The van der Waals surface area contributed by atoms with Gasteiger partial charge in [0.05, 0.1) is 13.0 Å². The lowest BCUT2D eigenvalue weighted by Gasteiger charge is -2.01. The first-order chi connectivity index (χ1) is 7.17. The quantitative estimate of drug-likeness (QED) is 0.439. The highest BCUT2D eigenvalue weighted by Crippen LogP contribution is 2.38. The fourth-order valence-corrected chi connectivity index (χ4v) is 2.25. The monoisotopic (exact) mass is 274 g/mol. The highest BCUT2D eigenvalue weighted by molar-refractivity contribution is 9.09. The van der Waals surface area contributed by atoms with E-state index in [1.165, 1.54) is 26.4 Å². The van der Waals surface area contributed by atoms with Gasteiger partial charge >= 0.3 is 5.97 Å². The smallest absolute Gasteiger partial charge is 0.309 e. The maximum atomic E-state index is 10.5. The number of hydrogen-bond acceptors (Lipinski definition) is 2. The summed E-state index contributed by atoms with van der Waals surface area (Å²) >= 11 is 3.16. The molecular formula is C12H19BrO2. The van der Waals surface area contributed by atoms with Crippen LogP contribution in [0.2, 0.25) is 0 Å². The number of carbonyl (C=O) groups is 1. The van der Waals surface area contributed by atoms with E-state index in [1.54, 1.807) is 6.92 Å². The average molecular weight is 275 g/mol. The number of hydrogen-bond donors (Lipinski definition) is 0. The second-order valence-electron chi connectivity index (χ2n) is 4.30. The van der Waals surface area contributed by atoms with E-state index in [0.29, 0.717) is 5.33 Å². The summed E-state index contributed by atoms with van der Waals surface area (Å²) in [5, 5.41) is 0.666. The van der Waals surface area contributed by atoms with Gasteiger partial charge in [-0.2, -0.15) is 0 Å². The van der Waals surface area contributed by atoms with Gasteiger partial charge in [-0.25, -0.2) is 0 Å². The molecule has 0 radical (unpaired) electrons. The maximum Gasteiger partial charge on any atom is 0.309 e. The van der Waals surface area contributed by atoms with Crippen LogP contribution in [0.1, 0.15) is 26.2 Å². The van der Waals surface area contributed by atoms with Crippen molar-refractivity contribution in [1.82, 2.24) is 0 Å². The second kappa shape index (κ2) is 6.31. The first-order valence-corrected chi connectivity index (χ1v) is 6.61. The molecule has 86 valence electrons. The van der Waals surface area contributed by atoms with Crippen LogP contribution < -0.4 is 0 Å². The molecule has 0 aromatic carbocycles. The summed E-state index contributed by atoms with van der Waals surface area (Å²) < 4.78 is 4.43. The molecule has 0 aromatic rings. The van der Waals surface area contributed by atoms with E-state index >= 15 is 0 Å². The largest absolute Gasteiger partial charge is 0.469 e. The SMILES string of the molecule is C1=CC2CCC1C2.COC(=O)C(C)CBr. The van der Waals surface area contributed by atoms with E-state index < -0.39 is 0 Å². The number of alkyl halides is 1. The summed E-state index contributed by atoms with van der Waals surface area (Å²) in [4.78, 5) is 10.5. The molecule has 3 atom stereocenters. The molecular weight excluding hydrogens is 256 g/mol. The van der Waals surface area contributed by atoms with Gasteiger partial charge in [-0.05, 0) is 31.1 Å². The molecule has 2 aliphatic rings. The zero-order valence-corrected chi connectivity index (χ0v) is 11.0. The number of allylic oxidation sites excluding steroid dienone is 2. The zero-order valence-electron chi connectivity index (χ0n) is 9.41. The van der Waals surface area contributed by atoms with Crippen molar-refractivity contribution in [3.63, 3.8) is 0 Å². The van der Waals surface area contributed by atoms with E-state index in [1.807, 2.05) is 0 Å². The predicted molar refractivity (Wildman–Crippen MR) is 64.9 cm³/mol. The van der Waals surface area contributed by atoms with E-state index in [0.717, 1.165) is 11.8 Å². The fraction of sp³-hybridized carbons (Fsp3) is 0.750. The number of methoxy groups -OCH3 is 1. The number of halogens is 1. The van der Waals surface area contributed by atoms with Crippen LogP contribution in [0.5, 0.6) is 0 Å². The number of carbonyl (C=O) groups excluding carboxylic acids is 1. The molecule has 15 heavy (non-hydrogen) atoms. The molecule has 2 aliphatic carbocycles. The number of ether oxygens (including phenoxy) is 1. The van der Waals surface area contributed by atoms with E-state index in [-0.39, 0.29) is 11.9 Å². The van der Waals surface area contributed by atoms with Crippen molar-refractivity contribution < 1.29 is 9.53 Å². The van der Waals surface area contributed by atoms with Gasteiger partial charge in [-0.15, -0.1) is 0 Å². The minimum Gasteiger partial charge on any atom is -0.469 e. The molecule has 0 aliphatic heterocycles. The summed E-state index contributed by atoms with van der Waals surface area (Å²) in [6.07, 6.45) is 9.19. The molecule has 2 bridgehead atoms. The summed E-state index contributed by atoms with van der Waals surface area (Å²) in [7, 11) is 1.39. The first kappa shape index (κ1) is 12.8. The Morgan fingerprint density at radius 1 is 1.47 bits per heavy atom. The summed E-state index contributed by atoms with van der Waals surface area (Å²) in [6, 6.07) is 0. The van der Waals surface area contributed by atoms with Crippen molar-refractivity contribution in [2.24, 2.45) is 17.8 Å². The van der Waals surface area contributed by atoms with Crippen molar-refractivity contribution in [3.05, 3.63) is 12.2 Å². The van der Waals surface area contributed by atoms with Crippen molar-refractivity contribution in [2.75, 3.05) is 12.4 Å². The van der Waals surface area contributed by atoms with Crippen LogP contribution in [0.4, 0.5) is 0 Å². The topological polar surface area (TPSA) is 26.3 Å². The normalized spacial score (nSPS) is 28.2. The third kappa shape index (κ3) is 3.98. The van der Waals surface area contributed by atoms with Crippen LogP contribution in [-0.4, -0.2) is 18.4 Å². The maximum absolute atomic E-state index is 10.5. The van der Waals surface area contributed by atoms with Crippen molar-refractivity contribution in [1.29, 1.82) is 0 Å². The van der Waals surface area contributed by atoms with Crippen molar-refractivity contribution in [3.8, 4) is 0 Å². The highest BCUT2D eigenvalue weighted by atomic mass is 79.9. The number of rotatable bonds is 2. The van der Waals surface area contributed by atoms with Crippen LogP contribution in [-0.2, 0) is 9.53 Å². The van der Waals surface area contributed by atoms with Gasteiger partial charge in [0.25, 0.3) is 0 Å². The molecule has 0 heterocycles. The molecule has 3 heteroatoms. The molecule has 1 fully saturated rings. The highest BCUT2D eigenvalue weighted by Gasteiger charge is 2.25. The Morgan fingerprint density at radius 2 is 2.00 bits per heavy atom. The first-order valence-electron chi connectivity index (χ1n) is 5.49. The molecule has 0 aromatic heterocycles. The Morgan fingerprint density at radius 3 is 2.13 bits per heavy atom. The Kier molecular flexibility index (Phi) is 5.37. The van der Waals surface area contributed by atoms with Gasteiger partial charge in [-0.3, -0.25) is 4.79 Å². The van der Waals surface area contributed by atoms with Crippen LogP contribution in [0.3, 0.4) is 0 Å². The Bertz CT molecular complexity index is 226. The van der Waals surface area contributed by atoms with Crippen LogP contribution >= 0.6 is 15.9 Å². The zero-order chi connectivity index (χ0) is 11.3. The van der Waals surface area contributed by atoms with Gasteiger partial charge in [0.15, 0.2) is 0 Å². The Hall–Kier alpha value is -0.310. The summed E-state index contributed by atoms with van der Waals surface area (Å²) in [5.74, 6) is 1.79. The lowest BCUT2D eigenvalue weighted by molar-refractivity contribution is -0.143. The summed E-state index contributed by atoms with van der Waals surface area (Å²) in [6.45, 7) is 1.81. The van der Waals surface area contributed by atoms with Gasteiger partial charge in [0, 0.05) is 5.33 Å². The minimum atomic E-state index is -0.165. The number of fused-ring (bicyclic) bond motifs is 2. The van der Waals surface area contributed by atoms with Gasteiger partial charge in [0.1, 0.15) is 0 Å². The van der Waals surface area contributed by atoms with Crippen LogP contribution in [0.15, 0.2) is 12.2 Å². The molecule has 1 saturated carbocycles. The molecule has 3 unspecified atom stereocenters. The Labute approximate surface area is 100 Å². The van der Waals surface area contributed by atoms with Gasteiger partial charge in [-0.1, -0.05) is 35.0 Å². The molecule has 2 nitrogen and oxygen atoms in total. The molecule has 0 amide bonds. The van der Waals surface area contributed by atoms with Crippen molar-refractivity contribution in [2.45, 2.75) is 26.2 Å². The van der Waals surface area contributed by atoms with E-state index in [9.17, 15) is 4.79 Å². The predicted octanol–water partition coefficient (Wildman–Crippen LogP) is 3.16. The second-order valence-corrected chi connectivity index (χ2v) is 4.94. The van der Waals surface area contributed by atoms with Gasteiger partial charge in [0.2, 0.25) is 0 Å². The third-order valence-electron chi connectivity index (χ3n) is 3.00. The molecule has 0 N–H and O–H groups in total. The van der Waals surface area contributed by atoms with Gasteiger partial charge < -0.3 is 4.74 Å².